The van der Waals surface area contributed by atoms with Crippen LogP contribution < -0.4 is 4.74 Å². The molecule has 0 bridgehead atoms. The van der Waals surface area contributed by atoms with Crippen LogP contribution in [0.3, 0.4) is 0 Å². The largest absolute Gasteiger partial charge is 0.494 e. The lowest BCUT2D eigenvalue weighted by molar-refractivity contribution is 0.184. The van der Waals surface area contributed by atoms with E-state index in [1.54, 1.807) is 7.11 Å². The van der Waals surface area contributed by atoms with Gasteiger partial charge in [0.1, 0.15) is 12.4 Å². The van der Waals surface area contributed by atoms with E-state index in [1.165, 1.54) is 0 Å². The van der Waals surface area contributed by atoms with Crippen LogP contribution in [-0.2, 0) is 4.74 Å². The van der Waals surface area contributed by atoms with Crippen molar-refractivity contribution in [2.45, 2.75) is 12.8 Å². The fourth-order valence-electron chi connectivity index (χ4n) is 1.34. The number of ether oxygens (including phenoxy) is 2. The van der Waals surface area contributed by atoms with Crippen molar-refractivity contribution < 1.29 is 14.6 Å². The van der Waals surface area contributed by atoms with Crippen LogP contribution in [0.2, 0.25) is 0 Å². The lowest BCUT2D eigenvalue weighted by Crippen LogP contribution is -1.99. The molecule has 0 fully saturated rings. The highest BCUT2D eigenvalue weighted by molar-refractivity contribution is 5.39. The maximum Gasteiger partial charge on any atom is 0.120 e. The van der Waals surface area contributed by atoms with Gasteiger partial charge in [0.2, 0.25) is 0 Å². The molecule has 0 spiro atoms. The summed E-state index contributed by atoms with van der Waals surface area (Å²) in [5.74, 6) is 6.27. The molecule has 3 nitrogen and oxygen atoms in total. The summed E-state index contributed by atoms with van der Waals surface area (Å²) in [4.78, 5) is 0. The Morgan fingerprint density at radius 2 is 2.06 bits per heavy atom. The highest BCUT2D eigenvalue weighted by Crippen LogP contribution is 2.12. The van der Waals surface area contributed by atoms with Gasteiger partial charge >= 0.3 is 0 Å². The summed E-state index contributed by atoms with van der Waals surface area (Å²) in [5, 5.41) is 8.60. The van der Waals surface area contributed by atoms with Crippen molar-refractivity contribution in [3.8, 4) is 17.6 Å². The number of methoxy groups -OCH3 is 1. The first kappa shape index (κ1) is 13.6. The predicted octanol–water partition coefficient (Wildman–Crippen LogP) is 1.84. The number of rotatable bonds is 6. The van der Waals surface area contributed by atoms with Gasteiger partial charge < -0.3 is 14.6 Å². The Morgan fingerprint density at radius 1 is 1.24 bits per heavy atom. The van der Waals surface area contributed by atoms with Crippen molar-refractivity contribution in [1.82, 2.24) is 0 Å². The van der Waals surface area contributed by atoms with Crippen molar-refractivity contribution >= 4 is 0 Å². The minimum atomic E-state index is -0.123. The standard InChI is InChI=1S/C14H18O3/c1-16-10-2-3-11-17-14-8-4-6-13(12-14)7-5-9-15/h4,6,8,12,15H,2-3,9-11H2,1H3. The molecule has 1 N–H and O–H groups in total. The molecule has 0 saturated heterocycles. The molecule has 0 amide bonds. The normalized spacial score (nSPS) is 9.53. The molecule has 0 radical (unpaired) electrons. The molecule has 3 heteroatoms. The van der Waals surface area contributed by atoms with Gasteiger partial charge in [0.05, 0.1) is 6.61 Å². The SMILES string of the molecule is COCCCCOc1cccc(C#CCO)c1. The van der Waals surface area contributed by atoms with Gasteiger partial charge in [0.15, 0.2) is 0 Å². The molecule has 0 atom stereocenters. The maximum atomic E-state index is 8.60. The lowest BCUT2D eigenvalue weighted by Gasteiger charge is -2.06. The third-order valence-electron chi connectivity index (χ3n) is 2.16. The summed E-state index contributed by atoms with van der Waals surface area (Å²) in [6, 6.07) is 7.56. The van der Waals surface area contributed by atoms with E-state index in [0.29, 0.717) is 6.61 Å². The zero-order valence-electron chi connectivity index (χ0n) is 10.1. The molecule has 0 aliphatic rings. The molecule has 0 unspecified atom stereocenters. The van der Waals surface area contributed by atoms with E-state index >= 15 is 0 Å². The van der Waals surface area contributed by atoms with Gasteiger partial charge in [-0.1, -0.05) is 17.9 Å². The molecular formula is C14H18O3. The van der Waals surface area contributed by atoms with Gasteiger partial charge in [0.25, 0.3) is 0 Å². The van der Waals surface area contributed by atoms with Crippen molar-refractivity contribution in [2.24, 2.45) is 0 Å². The summed E-state index contributed by atoms with van der Waals surface area (Å²) in [6.45, 7) is 1.33. The number of benzene rings is 1. The zero-order valence-corrected chi connectivity index (χ0v) is 10.1. The van der Waals surface area contributed by atoms with E-state index in [1.807, 2.05) is 24.3 Å². The summed E-state index contributed by atoms with van der Waals surface area (Å²) >= 11 is 0. The van der Waals surface area contributed by atoms with E-state index in [-0.39, 0.29) is 6.61 Å². The third-order valence-corrected chi connectivity index (χ3v) is 2.16. The van der Waals surface area contributed by atoms with Crippen LogP contribution >= 0.6 is 0 Å². The van der Waals surface area contributed by atoms with Crippen molar-refractivity contribution in [2.75, 3.05) is 26.9 Å². The first-order valence-electron chi connectivity index (χ1n) is 5.68. The monoisotopic (exact) mass is 234 g/mol. The highest BCUT2D eigenvalue weighted by atomic mass is 16.5. The van der Waals surface area contributed by atoms with Crippen LogP contribution in [-0.4, -0.2) is 32.0 Å². The topological polar surface area (TPSA) is 38.7 Å². The van der Waals surface area contributed by atoms with E-state index in [9.17, 15) is 0 Å². The smallest absolute Gasteiger partial charge is 0.120 e. The van der Waals surface area contributed by atoms with Gasteiger partial charge in [-0.3, -0.25) is 0 Å². The maximum absolute atomic E-state index is 8.60. The Morgan fingerprint density at radius 3 is 2.82 bits per heavy atom. The third kappa shape index (κ3) is 5.96. The van der Waals surface area contributed by atoms with Crippen molar-refractivity contribution in [1.29, 1.82) is 0 Å². The molecule has 1 aromatic rings. The van der Waals surface area contributed by atoms with E-state index < -0.39 is 0 Å². The molecular weight excluding hydrogens is 216 g/mol. The number of hydrogen-bond acceptors (Lipinski definition) is 3. The summed E-state index contributed by atoms with van der Waals surface area (Å²) in [6.07, 6.45) is 1.97. The van der Waals surface area contributed by atoms with Gasteiger partial charge in [-0.05, 0) is 31.0 Å². The molecule has 92 valence electrons. The first-order valence-corrected chi connectivity index (χ1v) is 5.68. The van der Waals surface area contributed by atoms with Gasteiger partial charge in [-0.15, -0.1) is 0 Å². The Kier molecular flexibility index (Phi) is 6.89. The number of unbranched alkanes of at least 4 members (excludes halogenated alkanes) is 1. The second-order valence-corrected chi connectivity index (χ2v) is 3.54. The molecule has 17 heavy (non-hydrogen) atoms. The summed E-state index contributed by atoms with van der Waals surface area (Å²) < 4.78 is 10.5. The highest BCUT2D eigenvalue weighted by Gasteiger charge is 1.95. The van der Waals surface area contributed by atoms with Crippen molar-refractivity contribution in [3.05, 3.63) is 29.8 Å². The molecule has 1 aromatic carbocycles. The van der Waals surface area contributed by atoms with Gasteiger partial charge in [-0.25, -0.2) is 0 Å². The van der Waals surface area contributed by atoms with Crippen LogP contribution in [0.5, 0.6) is 5.75 Å². The second-order valence-electron chi connectivity index (χ2n) is 3.54. The lowest BCUT2D eigenvalue weighted by atomic mass is 10.2. The summed E-state index contributed by atoms with van der Waals surface area (Å²) in [5.41, 5.74) is 0.855. The number of aliphatic hydroxyl groups is 1. The quantitative estimate of drug-likeness (QED) is 0.603. The van der Waals surface area contributed by atoms with E-state index in [2.05, 4.69) is 11.8 Å². The average molecular weight is 234 g/mol. The van der Waals surface area contributed by atoms with Crippen LogP contribution in [0.25, 0.3) is 0 Å². The van der Waals surface area contributed by atoms with Gasteiger partial charge in [0, 0.05) is 19.3 Å². The minimum absolute atomic E-state index is 0.123. The van der Waals surface area contributed by atoms with Gasteiger partial charge in [-0.2, -0.15) is 0 Å². The molecule has 0 heterocycles. The van der Waals surface area contributed by atoms with Crippen LogP contribution in [0.1, 0.15) is 18.4 Å². The van der Waals surface area contributed by atoms with E-state index in [0.717, 1.165) is 30.8 Å². The second kappa shape index (κ2) is 8.63. The first-order chi connectivity index (χ1) is 8.36. The fraction of sp³-hybridized carbons (Fsp3) is 0.429. The van der Waals surface area contributed by atoms with Crippen LogP contribution in [0.4, 0.5) is 0 Å². The zero-order chi connectivity index (χ0) is 12.3. The predicted molar refractivity (Wildman–Crippen MR) is 67.0 cm³/mol. The molecule has 0 aromatic heterocycles. The Bertz CT molecular complexity index is 377. The number of aliphatic hydroxyl groups excluding tert-OH is 1. The van der Waals surface area contributed by atoms with Crippen LogP contribution in [0.15, 0.2) is 24.3 Å². The average Bonchev–Trinajstić information content (AvgIpc) is 2.37. The van der Waals surface area contributed by atoms with E-state index in [4.69, 9.17) is 14.6 Å². The van der Waals surface area contributed by atoms with Crippen molar-refractivity contribution in [3.63, 3.8) is 0 Å². The molecule has 0 saturated carbocycles. The minimum Gasteiger partial charge on any atom is -0.494 e. The molecule has 0 aliphatic heterocycles. The molecule has 1 rings (SSSR count). The van der Waals surface area contributed by atoms with Crippen LogP contribution in [0, 0.1) is 11.8 Å². The Hall–Kier alpha value is -1.50. The summed E-state index contributed by atoms with van der Waals surface area (Å²) in [7, 11) is 1.70. The Labute approximate surface area is 102 Å². The fourth-order valence-corrected chi connectivity index (χ4v) is 1.34. The number of hydrogen-bond donors (Lipinski definition) is 1. The Balaban J connectivity index is 2.38. The molecule has 0 aliphatic carbocycles.